The second-order valence-corrected chi connectivity index (χ2v) is 2.21. The van der Waals surface area contributed by atoms with Crippen molar-refractivity contribution in [2.75, 3.05) is 0 Å². The van der Waals surface area contributed by atoms with E-state index in [0.717, 1.165) is 0 Å². The number of hydrogen-bond acceptors (Lipinski definition) is 1. The Labute approximate surface area is 61.4 Å². The highest BCUT2D eigenvalue weighted by molar-refractivity contribution is 5.62. The fourth-order valence-corrected chi connectivity index (χ4v) is 0.781. The van der Waals surface area contributed by atoms with E-state index in [9.17, 15) is 0 Å². The maximum atomic E-state index is 3.93. The third-order valence-electron chi connectivity index (χ3n) is 1.57. The van der Waals surface area contributed by atoms with Gasteiger partial charge in [0.2, 0.25) is 0 Å². The van der Waals surface area contributed by atoms with Gasteiger partial charge in [-0.05, 0) is 37.1 Å². The lowest BCUT2D eigenvalue weighted by Gasteiger charge is -1.96. The zero-order chi connectivity index (χ0) is 7.40. The molecule has 0 aliphatic rings. The summed E-state index contributed by atoms with van der Waals surface area (Å²) in [6.07, 6.45) is 5.71. The summed E-state index contributed by atoms with van der Waals surface area (Å²) in [6, 6.07) is 4.02. The highest BCUT2D eigenvalue weighted by Crippen LogP contribution is 2.10. The first-order valence-corrected chi connectivity index (χ1v) is 3.38. The molecule has 0 aromatic carbocycles. The topological polar surface area (TPSA) is 12.9 Å². The average Bonchev–Trinajstić information content (AvgIpc) is 2.05. The highest BCUT2D eigenvalue weighted by atomic mass is 14.6. The van der Waals surface area contributed by atoms with E-state index >= 15 is 0 Å². The van der Waals surface area contributed by atoms with E-state index in [2.05, 4.69) is 18.0 Å². The average molecular weight is 133 g/mol. The van der Waals surface area contributed by atoms with Crippen LogP contribution in [0.25, 0.3) is 5.57 Å². The summed E-state index contributed by atoms with van der Waals surface area (Å²) >= 11 is 0. The Bertz CT molecular complexity index is 224. The van der Waals surface area contributed by atoms with Crippen molar-refractivity contribution in [3.63, 3.8) is 0 Å². The second-order valence-electron chi connectivity index (χ2n) is 2.21. The Morgan fingerprint density at radius 2 is 2.00 bits per heavy atom. The van der Waals surface area contributed by atoms with Crippen molar-refractivity contribution in [2.45, 2.75) is 13.8 Å². The quantitative estimate of drug-likeness (QED) is 0.573. The first-order chi connectivity index (χ1) is 4.84. The van der Waals surface area contributed by atoms with Crippen LogP contribution in [0.15, 0.2) is 30.6 Å². The van der Waals surface area contributed by atoms with Crippen molar-refractivity contribution in [1.82, 2.24) is 4.98 Å². The maximum absolute atomic E-state index is 3.93. The number of nitrogens with zero attached hydrogens (tertiary/aromatic N) is 1. The molecule has 1 aromatic heterocycles. The minimum atomic E-state index is 1.25. The Morgan fingerprint density at radius 3 is 2.50 bits per heavy atom. The van der Waals surface area contributed by atoms with Gasteiger partial charge in [0.25, 0.3) is 0 Å². The predicted octanol–water partition coefficient (Wildman–Crippen LogP) is 2.50. The van der Waals surface area contributed by atoms with Gasteiger partial charge in [0.1, 0.15) is 0 Å². The molecule has 0 bridgehead atoms. The third-order valence-corrected chi connectivity index (χ3v) is 1.57. The molecule has 0 aliphatic carbocycles. The smallest absolute Gasteiger partial charge is 0.0273 e. The number of aromatic nitrogens is 1. The van der Waals surface area contributed by atoms with Gasteiger partial charge in [-0.3, -0.25) is 4.98 Å². The standard InChI is InChI=1S/C9H11N/c1-3-8(2)9-4-6-10-7-5-9/h3-7H,1-2H3. The van der Waals surface area contributed by atoms with E-state index in [1.807, 2.05) is 31.5 Å². The van der Waals surface area contributed by atoms with Crippen LogP contribution in [0.4, 0.5) is 0 Å². The van der Waals surface area contributed by atoms with E-state index < -0.39 is 0 Å². The molecule has 0 radical (unpaired) electrons. The monoisotopic (exact) mass is 133 g/mol. The van der Waals surface area contributed by atoms with Crippen LogP contribution in [0.2, 0.25) is 0 Å². The van der Waals surface area contributed by atoms with Crippen LogP contribution in [0.3, 0.4) is 0 Å². The molecule has 0 amide bonds. The molecule has 0 saturated carbocycles. The minimum Gasteiger partial charge on any atom is -0.265 e. The van der Waals surface area contributed by atoms with Gasteiger partial charge in [0.15, 0.2) is 0 Å². The minimum absolute atomic E-state index is 1.25. The molecule has 0 saturated heterocycles. The maximum Gasteiger partial charge on any atom is 0.0273 e. The molecule has 1 heterocycles. The molecule has 0 spiro atoms. The Balaban J connectivity index is 2.96. The second kappa shape index (κ2) is 3.16. The molecule has 0 unspecified atom stereocenters. The molecule has 10 heavy (non-hydrogen) atoms. The summed E-state index contributed by atoms with van der Waals surface area (Å²) in [5.41, 5.74) is 2.54. The first kappa shape index (κ1) is 7.00. The van der Waals surface area contributed by atoms with Gasteiger partial charge < -0.3 is 0 Å². The molecule has 1 heteroatoms. The summed E-state index contributed by atoms with van der Waals surface area (Å²) in [4.78, 5) is 3.93. The van der Waals surface area contributed by atoms with Crippen LogP contribution in [0, 0.1) is 0 Å². The number of allylic oxidation sites excluding steroid dienone is 2. The number of hydrogen-bond donors (Lipinski definition) is 0. The predicted molar refractivity (Wildman–Crippen MR) is 43.6 cm³/mol. The molecule has 0 aliphatic heterocycles. The number of pyridine rings is 1. The molecular formula is C9H11N. The fraction of sp³-hybridized carbons (Fsp3) is 0.222. The van der Waals surface area contributed by atoms with Crippen molar-refractivity contribution in [2.24, 2.45) is 0 Å². The van der Waals surface area contributed by atoms with E-state index in [1.165, 1.54) is 11.1 Å². The van der Waals surface area contributed by atoms with Gasteiger partial charge in [-0.2, -0.15) is 0 Å². The fourth-order valence-electron chi connectivity index (χ4n) is 0.781. The lowest BCUT2D eigenvalue weighted by molar-refractivity contribution is 1.31. The number of rotatable bonds is 1. The Morgan fingerprint density at radius 1 is 1.40 bits per heavy atom. The van der Waals surface area contributed by atoms with E-state index in [0.29, 0.717) is 0 Å². The van der Waals surface area contributed by atoms with E-state index in [-0.39, 0.29) is 0 Å². The van der Waals surface area contributed by atoms with Crippen LogP contribution in [0.1, 0.15) is 19.4 Å². The lowest BCUT2D eigenvalue weighted by atomic mass is 10.1. The van der Waals surface area contributed by atoms with Gasteiger partial charge in [0, 0.05) is 12.4 Å². The molecule has 0 atom stereocenters. The van der Waals surface area contributed by atoms with Crippen LogP contribution in [0.5, 0.6) is 0 Å². The summed E-state index contributed by atoms with van der Waals surface area (Å²) < 4.78 is 0. The van der Waals surface area contributed by atoms with Gasteiger partial charge in [-0.25, -0.2) is 0 Å². The third kappa shape index (κ3) is 1.44. The van der Waals surface area contributed by atoms with Gasteiger partial charge in [0.05, 0.1) is 0 Å². The van der Waals surface area contributed by atoms with Crippen LogP contribution in [-0.2, 0) is 0 Å². The highest BCUT2D eigenvalue weighted by Gasteiger charge is 1.89. The van der Waals surface area contributed by atoms with Gasteiger partial charge in [-0.15, -0.1) is 0 Å². The van der Waals surface area contributed by atoms with Crippen molar-refractivity contribution < 1.29 is 0 Å². The van der Waals surface area contributed by atoms with Crippen molar-refractivity contribution >= 4 is 5.57 Å². The van der Waals surface area contributed by atoms with Gasteiger partial charge in [-0.1, -0.05) is 6.08 Å². The van der Waals surface area contributed by atoms with Crippen molar-refractivity contribution in [1.29, 1.82) is 0 Å². The summed E-state index contributed by atoms with van der Waals surface area (Å²) in [7, 11) is 0. The zero-order valence-electron chi connectivity index (χ0n) is 6.33. The first-order valence-electron chi connectivity index (χ1n) is 3.38. The van der Waals surface area contributed by atoms with E-state index in [4.69, 9.17) is 0 Å². The Kier molecular flexibility index (Phi) is 2.21. The van der Waals surface area contributed by atoms with E-state index in [1.54, 1.807) is 0 Å². The van der Waals surface area contributed by atoms with Crippen LogP contribution >= 0.6 is 0 Å². The molecule has 0 N–H and O–H groups in total. The normalized spacial score (nSPS) is 11.6. The van der Waals surface area contributed by atoms with Gasteiger partial charge >= 0.3 is 0 Å². The molecule has 1 nitrogen and oxygen atoms in total. The lowest BCUT2D eigenvalue weighted by Crippen LogP contribution is -1.77. The summed E-state index contributed by atoms with van der Waals surface area (Å²) in [5, 5.41) is 0. The van der Waals surface area contributed by atoms with Crippen molar-refractivity contribution in [3.05, 3.63) is 36.2 Å². The van der Waals surface area contributed by atoms with Crippen molar-refractivity contribution in [3.8, 4) is 0 Å². The molecule has 0 fully saturated rings. The summed E-state index contributed by atoms with van der Waals surface area (Å²) in [5.74, 6) is 0. The van der Waals surface area contributed by atoms with Crippen LogP contribution in [-0.4, -0.2) is 4.98 Å². The molecular weight excluding hydrogens is 122 g/mol. The SMILES string of the molecule is CC=C(C)c1ccncc1. The molecule has 1 aromatic rings. The summed E-state index contributed by atoms with van der Waals surface area (Å²) in [6.45, 7) is 4.13. The Hall–Kier alpha value is -1.11. The zero-order valence-corrected chi connectivity index (χ0v) is 6.33. The molecule has 52 valence electrons. The largest absolute Gasteiger partial charge is 0.265 e. The van der Waals surface area contributed by atoms with Crippen LogP contribution < -0.4 is 0 Å². The molecule has 1 rings (SSSR count).